The van der Waals surface area contributed by atoms with Gasteiger partial charge in [0.1, 0.15) is 0 Å². The molecule has 9 nitrogen and oxygen atoms in total. The molecule has 0 aliphatic rings. The van der Waals surface area contributed by atoms with Crippen molar-refractivity contribution in [2.75, 3.05) is 7.11 Å². The molecule has 0 fully saturated rings. The molecular formula is C14H13N5O4. The second-order valence-corrected chi connectivity index (χ2v) is 4.90. The van der Waals surface area contributed by atoms with E-state index in [1.54, 1.807) is 6.07 Å². The van der Waals surface area contributed by atoms with E-state index in [0.29, 0.717) is 5.56 Å². The Kier molecular flexibility index (Phi) is 3.32. The van der Waals surface area contributed by atoms with E-state index < -0.39 is 11.2 Å². The lowest BCUT2D eigenvalue weighted by Crippen LogP contribution is -2.38. The fourth-order valence-corrected chi connectivity index (χ4v) is 2.19. The minimum Gasteiger partial charge on any atom is -0.504 e. The van der Waals surface area contributed by atoms with Gasteiger partial charge in [-0.25, -0.2) is 9.78 Å². The minimum absolute atomic E-state index is 0.0247. The molecule has 0 bridgehead atoms. The lowest BCUT2D eigenvalue weighted by molar-refractivity contribution is 0.373. The fourth-order valence-electron chi connectivity index (χ4n) is 2.19. The molecule has 2 aromatic heterocycles. The average Bonchev–Trinajstić information content (AvgIpc) is 2.58. The van der Waals surface area contributed by atoms with Gasteiger partial charge in [-0.2, -0.15) is 0 Å². The molecule has 23 heavy (non-hydrogen) atoms. The molecule has 1 N–H and O–H groups in total. The van der Waals surface area contributed by atoms with Crippen LogP contribution in [0.15, 0.2) is 27.8 Å². The van der Waals surface area contributed by atoms with Gasteiger partial charge in [0.15, 0.2) is 28.5 Å². The van der Waals surface area contributed by atoms with E-state index in [2.05, 4.69) is 15.2 Å². The van der Waals surface area contributed by atoms with Gasteiger partial charge >= 0.3 is 5.69 Å². The summed E-state index contributed by atoms with van der Waals surface area (Å²) in [7, 11) is 4.28. The first-order chi connectivity index (χ1) is 10.9. The molecule has 0 aliphatic carbocycles. The topological polar surface area (TPSA) is 112 Å². The number of benzene rings is 1. The molecule has 1 aromatic carbocycles. The smallest absolute Gasteiger partial charge is 0.332 e. The summed E-state index contributed by atoms with van der Waals surface area (Å²) in [6.45, 7) is 0. The third-order valence-electron chi connectivity index (χ3n) is 3.51. The molecule has 0 radical (unpaired) electrons. The van der Waals surface area contributed by atoms with Crippen molar-refractivity contribution in [2.45, 2.75) is 0 Å². The largest absolute Gasteiger partial charge is 0.504 e. The van der Waals surface area contributed by atoms with Crippen LogP contribution in [0.25, 0.3) is 22.6 Å². The molecule has 0 spiro atoms. The molecule has 0 atom stereocenters. The van der Waals surface area contributed by atoms with Gasteiger partial charge in [0, 0.05) is 19.7 Å². The first-order valence-corrected chi connectivity index (χ1v) is 6.62. The second-order valence-electron chi connectivity index (χ2n) is 4.90. The molecule has 0 aliphatic heterocycles. The zero-order chi connectivity index (χ0) is 16.7. The van der Waals surface area contributed by atoms with Crippen LogP contribution in [0.3, 0.4) is 0 Å². The highest BCUT2D eigenvalue weighted by Gasteiger charge is 2.14. The predicted octanol–water partition coefficient (Wildman–Crippen LogP) is -0.197. The molecule has 3 aromatic rings. The highest BCUT2D eigenvalue weighted by Crippen LogP contribution is 2.29. The number of nitrogens with zero attached hydrogens (tertiary/aromatic N) is 5. The zero-order valence-corrected chi connectivity index (χ0v) is 12.6. The van der Waals surface area contributed by atoms with Crippen molar-refractivity contribution in [1.82, 2.24) is 24.3 Å². The van der Waals surface area contributed by atoms with E-state index in [9.17, 15) is 14.7 Å². The molecule has 0 saturated heterocycles. The maximum absolute atomic E-state index is 12.2. The van der Waals surface area contributed by atoms with Gasteiger partial charge in [0.25, 0.3) is 5.56 Å². The third kappa shape index (κ3) is 2.22. The quantitative estimate of drug-likeness (QED) is 0.697. The highest BCUT2D eigenvalue weighted by atomic mass is 16.5. The minimum atomic E-state index is -0.551. The van der Waals surface area contributed by atoms with Crippen LogP contribution in [0, 0.1) is 0 Å². The van der Waals surface area contributed by atoms with E-state index in [1.807, 2.05) is 0 Å². The molecule has 0 unspecified atom stereocenters. The summed E-state index contributed by atoms with van der Waals surface area (Å²) in [6.07, 6.45) is 0. The highest BCUT2D eigenvalue weighted by molar-refractivity contribution is 5.71. The summed E-state index contributed by atoms with van der Waals surface area (Å²) in [5.74, 6) is 0.411. The standard InChI is InChI=1S/C14H13N5O4/c1-18-12-10(13(21)19(2)14(18)22)15-11(16-17-12)7-4-5-8(20)9(6-7)23-3/h4-6,20H,1-3H3. The van der Waals surface area contributed by atoms with Gasteiger partial charge in [0.2, 0.25) is 0 Å². The van der Waals surface area contributed by atoms with Crippen molar-refractivity contribution in [3.63, 3.8) is 0 Å². The van der Waals surface area contributed by atoms with Crippen molar-refractivity contribution >= 4 is 11.2 Å². The lowest BCUT2D eigenvalue weighted by atomic mass is 10.2. The number of aryl methyl sites for hydroxylation is 1. The van der Waals surface area contributed by atoms with Gasteiger partial charge in [-0.05, 0) is 18.2 Å². The summed E-state index contributed by atoms with van der Waals surface area (Å²) < 4.78 is 7.20. The summed E-state index contributed by atoms with van der Waals surface area (Å²) in [5.41, 5.74) is -0.396. The predicted molar refractivity (Wildman–Crippen MR) is 81.5 cm³/mol. The van der Waals surface area contributed by atoms with Crippen molar-refractivity contribution in [2.24, 2.45) is 14.1 Å². The monoisotopic (exact) mass is 315 g/mol. The summed E-state index contributed by atoms with van der Waals surface area (Å²) >= 11 is 0. The van der Waals surface area contributed by atoms with Gasteiger partial charge in [0.05, 0.1) is 7.11 Å². The van der Waals surface area contributed by atoms with Gasteiger partial charge in [-0.3, -0.25) is 13.9 Å². The fraction of sp³-hybridized carbons (Fsp3) is 0.214. The van der Waals surface area contributed by atoms with E-state index >= 15 is 0 Å². The van der Waals surface area contributed by atoms with E-state index in [4.69, 9.17) is 4.74 Å². The van der Waals surface area contributed by atoms with Crippen LogP contribution in [0.1, 0.15) is 0 Å². The van der Waals surface area contributed by atoms with Crippen molar-refractivity contribution in [3.05, 3.63) is 39.0 Å². The number of fused-ring (bicyclic) bond motifs is 1. The van der Waals surface area contributed by atoms with Crippen molar-refractivity contribution in [1.29, 1.82) is 0 Å². The van der Waals surface area contributed by atoms with Crippen LogP contribution in [-0.2, 0) is 14.1 Å². The van der Waals surface area contributed by atoms with E-state index in [-0.39, 0.29) is 28.5 Å². The number of hydrogen-bond acceptors (Lipinski definition) is 7. The molecule has 0 saturated carbocycles. The Morgan fingerprint density at radius 3 is 2.57 bits per heavy atom. The SMILES string of the molecule is COc1cc(-c2nnc3c(n2)c(=O)n(C)c(=O)n3C)ccc1O. The second kappa shape index (κ2) is 5.20. The number of phenolic OH excluding ortho intramolecular Hbond substituents is 1. The summed E-state index contributed by atoms with van der Waals surface area (Å²) in [6, 6.07) is 4.54. The Balaban J connectivity index is 2.29. The van der Waals surface area contributed by atoms with Crippen LogP contribution in [0.2, 0.25) is 0 Å². The number of aromatic hydroxyl groups is 1. The van der Waals surface area contributed by atoms with Crippen LogP contribution >= 0.6 is 0 Å². The molecule has 2 heterocycles. The number of ether oxygens (including phenoxy) is 1. The van der Waals surface area contributed by atoms with Gasteiger partial charge in [-0.15, -0.1) is 10.2 Å². The zero-order valence-electron chi connectivity index (χ0n) is 12.6. The number of rotatable bonds is 2. The Morgan fingerprint density at radius 2 is 1.87 bits per heavy atom. The van der Waals surface area contributed by atoms with Crippen LogP contribution in [-0.4, -0.2) is 36.5 Å². The van der Waals surface area contributed by atoms with Crippen LogP contribution in [0.5, 0.6) is 11.5 Å². The van der Waals surface area contributed by atoms with E-state index in [0.717, 1.165) is 4.57 Å². The number of phenols is 1. The Hall–Kier alpha value is -3.23. The third-order valence-corrected chi connectivity index (χ3v) is 3.51. The van der Waals surface area contributed by atoms with Crippen molar-refractivity contribution in [3.8, 4) is 22.9 Å². The van der Waals surface area contributed by atoms with Gasteiger partial charge < -0.3 is 9.84 Å². The normalized spacial score (nSPS) is 10.9. The number of methoxy groups -OCH3 is 1. The molecular weight excluding hydrogens is 302 g/mol. The molecule has 9 heteroatoms. The first-order valence-electron chi connectivity index (χ1n) is 6.62. The van der Waals surface area contributed by atoms with E-state index in [1.165, 1.54) is 37.9 Å². The number of aromatic nitrogens is 5. The maximum Gasteiger partial charge on any atom is 0.332 e. The summed E-state index contributed by atoms with van der Waals surface area (Å²) in [4.78, 5) is 28.3. The molecule has 0 amide bonds. The number of hydrogen-bond donors (Lipinski definition) is 1. The lowest BCUT2D eigenvalue weighted by Gasteiger charge is -2.08. The Morgan fingerprint density at radius 1 is 1.13 bits per heavy atom. The van der Waals surface area contributed by atoms with Gasteiger partial charge in [-0.1, -0.05) is 0 Å². The molecule has 3 rings (SSSR count). The first kappa shape index (κ1) is 14.7. The molecule has 118 valence electrons. The maximum atomic E-state index is 12.2. The Labute approximate surface area is 129 Å². The Bertz CT molecular complexity index is 1040. The van der Waals surface area contributed by atoms with Crippen LogP contribution in [0.4, 0.5) is 0 Å². The van der Waals surface area contributed by atoms with Crippen molar-refractivity contribution < 1.29 is 9.84 Å². The average molecular weight is 315 g/mol. The summed E-state index contributed by atoms with van der Waals surface area (Å²) in [5, 5.41) is 17.5. The van der Waals surface area contributed by atoms with Crippen LogP contribution < -0.4 is 16.0 Å².